The Labute approximate surface area is 273 Å². The minimum Gasteiger partial charge on any atom is -0.473 e. The minimum atomic E-state index is -4.79. The van der Waals surface area contributed by atoms with Gasteiger partial charge in [-0.3, -0.25) is 4.79 Å². The summed E-state index contributed by atoms with van der Waals surface area (Å²) in [6.07, 6.45) is -1.87. The van der Waals surface area contributed by atoms with E-state index in [1.54, 1.807) is 30.3 Å². The first-order valence-electron chi connectivity index (χ1n) is 14.5. The second-order valence-corrected chi connectivity index (χ2v) is 14.6. The topological polar surface area (TPSA) is 103 Å². The molecule has 242 valence electrons. The van der Waals surface area contributed by atoms with Crippen molar-refractivity contribution in [1.82, 2.24) is 10.1 Å². The maximum Gasteiger partial charge on any atom is 0.435 e. The van der Waals surface area contributed by atoms with E-state index in [-0.39, 0.29) is 36.2 Å². The van der Waals surface area contributed by atoms with Crippen molar-refractivity contribution in [2.24, 2.45) is 0 Å². The summed E-state index contributed by atoms with van der Waals surface area (Å²) in [5.41, 5.74) is 0.884. The first-order valence-corrected chi connectivity index (χ1v) is 17.0. The molecule has 0 amide bonds. The molecule has 8 nitrogen and oxygen atoms in total. The fourth-order valence-electron chi connectivity index (χ4n) is 5.19. The van der Waals surface area contributed by atoms with Gasteiger partial charge in [0.15, 0.2) is 21.3 Å². The zero-order valence-electron chi connectivity index (χ0n) is 24.5. The monoisotopic (exact) mass is 693 g/mol. The second-order valence-electron chi connectivity index (χ2n) is 11.5. The van der Waals surface area contributed by atoms with Gasteiger partial charge in [-0.25, -0.2) is 13.4 Å². The van der Waals surface area contributed by atoms with Crippen LogP contribution in [0.2, 0.25) is 10.0 Å². The lowest BCUT2D eigenvalue weighted by Crippen LogP contribution is -2.22. The summed E-state index contributed by atoms with van der Waals surface area (Å²) in [6.45, 7) is -0.105. The van der Waals surface area contributed by atoms with Crippen LogP contribution in [-0.2, 0) is 29.2 Å². The Morgan fingerprint density at radius 1 is 1.02 bits per heavy atom. The second kappa shape index (κ2) is 12.5. The van der Waals surface area contributed by atoms with Crippen LogP contribution in [0.3, 0.4) is 0 Å². The molecule has 0 atom stereocenters. The Bertz CT molecular complexity index is 1870. The van der Waals surface area contributed by atoms with Gasteiger partial charge >= 0.3 is 6.18 Å². The number of carbonyl (C=O) groups excluding carboxylic acids is 1. The number of halogens is 5. The molecular formula is C32H28Cl2F3N3O5S. The van der Waals surface area contributed by atoms with Crippen molar-refractivity contribution in [2.45, 2.75) is 56.2 Å². The molecule has 2 saturated carbocycles. The van der Waals surface area contributed by atoms with E-state index in [9.17, 15) is 26.4 Å². The highest BCUT2D eigenvalue weighted by Gasteiger charge is 2.39. The van der Waals surface area contributed by atoms with E-state index in [0.29, 0.717) is 51.0 Å². The molecule has 0 bridgehead atoms. The molecule has 6 rings (SSSR count). The van der Waals surface area contributed by atoms with Crippen molar-refractivity contribution in [2.75, 3.05) is 17.7 Å². The molecule has 2 aromatic heterocycles. The SMILES string of the molecule is CN(Cc1ccc(C(=O)CS(=O)(=O)C2CC2)cc1)c1ccc(OCc2c(-c3c(Cl)cccc3Cl)noc2C2CC2)nc1C(F)(F)F. The fourth-order valence-corrected chi connectivity index (χ4v) is 7.39. The highest BCUT2D eigenvalue weighted by Crippen LogP contribution is 2.46. The number of nitrogens with zero attached hydrogens (tertiary/aromatic N) is 3. The van der Waals surface area contributed by atoms with Gasteiger partial charge in [0.25, 0.3) is 0 Å². The predicted molar refractivity (Wildman–Crippen MR) is 167 cm³/mol. The third-order valence-electron chi connectivity index (χ3n) is 7.92. The van der Waals surface area contributed by atoms with Crippen molar-refractivity contribution in [3.63, 3.8) is 0 Å². The molecule has 14 heteroatoms. The number of benzene rings is 2. The van der Waals surface area contributed by atoms with E-state index in [1.165, 1.54) is 36.2 Å². The normalized spacial score (nSPS) is 15.2. The number of hydrogen-bond acceptors (Lipinski definition) is 8. The number of ether oxygens (including phenoxy) is 1. The Morgan fingerprint density at radius 3 is 2.30 bits per heavy atom. The molecule has 2 fully saturated rings. The molecule has 2 heterocycles. The Hall–Kier alpha value is -3.61. The Morgan fingerprint density at radius 2 is 1.70 bits per heavy atom. The first kappa shape index (κ1) is 32.3. The van der Waals surface area contributed by atoms with Crippen LogP contribution in [0.15, 0.2) is 59.1 Å². The van der Waals surface area contributed by atoms with Gasteiger partial charge in [0.2, 0.25) is 5.88 Å². The number of sulfone groups is 1. The van der Waals surface area contributed by atoms with E-state index in [4.69, 9.17) is 32.5 Å². The number of aromatic nitrogens is 2. The van der Waals surface area contributed by atoms with Crippen molar-refractivity contribution in [1.29, 1.82) is 0 Å². The predicted octanol–water partition coefficient (Wildman–Crippen LogP) is 7.91. The van der Waals surface area contributed by atoms with E-state index >= 15 is 0 Å². The molecular weight excluding hydrogens is 666 g/mol. The highest BCUT2D eigenvalue weighted by atomic mass is 35.5. The van der Waals surface area contributed by atoms with Gasteiger partial charge in [0, 0.05) is 36.7 Å². The zero-order chi connectivity index (χ0) is 32.8. The van der Waals surface area contributed by atoms with Crippen LogP contribution in [0, 0.1) is 0 Å². The zero-order valence-corrected chi connectivity index (χ0v) is 26.8. The third-order valence-corrected chi connectivity index (χ3v) is 10.7. The smallest absolute Gasteiger partial charge is 0.435 e. The quantitative estimate of drug-likeness (QED) is 0.138. The molecule has 0 radical (unpaired) electrons. The number of alkyl halides is 3. The maximum atomic E-state index is 14.2. The van der Waals surface area contributed by atoms with Crippen LogP contribution in [0.25, 0.3) is 11.3 Å². The van der Waals surface area contributed by atoms with Crippen molar-refractivity contribution >= 4 is 44.5 Å². The summed E-state index contributed by atoms with van der Waals surface area (Å²) in [6, 6.07) is 13.8. The summed E-state index contributed by atoms with van der Waals surface area (Å²) in [4.78, 5) is 17.7. The molecule has 0 saturated heterocycles. The molecule has 2 aliphatic rings. The van der Waals surface area contributed by atoms with Crippen LogP contribution in [0.4, 0.5) is 18.9 Å². The van der Waals surface area contributed by atoms with Gasteiger partial charge in [-0.1, -0.05) is 58.7 Å². The van der Waals surface area contributed by atoms with Crippen LogP contribution >= 0.6 is 23.2 Å². The number of hydrogen-bond donors (Lipinski definition) is 0. The van der Waals surface area contributed by atoms with E-state index in [1.807, 2.05) is 0 Å². The molecule has 0 N–H and O–H groups in total. The van der Waals surface area contributed by atoms with Crippen molar-refractivity contribution in [3.05, 3.63) is 92.8 Å². The molecule has 46 heavy (non-hydrogen) atoms. The number of carbonyl (C=O) groups is 1. The van der Waals surface area contributed by atoms with Gasteiger partial charge < -0.3 is 14.2 Å². The summed E-state index contributed by atoms with van der Waals surface area (Å²) in [5.74, 6) is -0.606. The lowest BCUT2D eigenvalue weighted by atomic mass is 10.0. The number of anilines is 1. The molecule has 4 aromatic rings. The summed E-state index contributed by atoms with van der Waals surface area (Å²) >= 11 is 12.8. The third kappa shape index (κ3) is 7.03. The highest BCUT2D eigenvalue weighted by molar-refractivity contribution is 7.93. The summed E-state index contributed by atoms with van der Waals surface area (Å²) in [5, 5.41) is 4.43. The minimum absolute atomic E-state index is 0.0627. The lowest BCUT2D eigenvalue weighted by molar-refractivity contribution is -0.140. The summed E-state index contributed by atoms with van der Waals surface area (Å²) < 4.78 is 78.5. The van der Waals surface area contributed by atoms with Gasteiger partial charge in [0.05, 0.1) is 26.5 Å². The van der Waals surface area contributed by atoms with Crippen LogP contribution in [-0.4, -0.2) is 42.4 Å². The first-order chi connectivity index (χ1) is 21.8. The molecule has 2 aromatic carbocycles. The standard InChI is InChI=1S/C32H28Cl2F3N3O5S/c1-40(15-18-5-7-19(8-6-18)26(41)17-46(42,43)21-11-12-21)25-13-14-27(38-31(25)32(35,36)37)44-16-22-29(39-45-30(22)20-9-10-20)28-23(33)3-2-4-24(28)34/h2-8,13-14,20-21H,9-12,15-17H2,1H3. The van der Waals surface area contributed by atoms with Crippen LogP contribution in [0.1, 0.15) is 64.5 Å². The van der Waals surface area contributed by atoms with E-state index in [0.717, 1.165) is 12.8 Å². The van der Waals surface area contributed by atoms with Crippen molar-refractivity contribution in [3.8, 4) is 17.1 Å². The maximum absolute atomic E-state index is 14.2. The number of ketones is 1. The van der Waals surface area contributed by atoms with Gasteiger partial charge in [-0.15, -0.1) is 0 Å². The molecule has 0 aliphatic heterocycles. The van der Waals surface area contributed by atoms with E-state index in [2.05, 4.69) is 10.1 Å². The number of pyridine rings is 1. The lowest BCUT2D eigenvalue weighted by Gasteiger charge is -2.23. The number of rotatable bonds is 12. The number of Topliss-reactive ketones (excluding diaryl/α,β-unsaturated/α-hetero) is 1. The molecule has 2 aliphatic carbocycles. The fraction of sp³-hybridized carbons (Fsp3) is 0.344. The van der Waals surface area contributed by atoms with Gasteiger partial charge in [0.1, 0.15) is 23.8 Å². The Kier molecular flexibility index (Phi) is 8.81. The van der Waals surface area contributed by atoms with Crippen molar-refractivity contribution < 1.29 is 35.6 Å². The average molecular weight is 695 g/mol. The van der Waals surface area contributed by atoms with E-state index < -0.39 is 38.5 Å². The van der Waals surface area contributed by atoms with Crippen LogP contribution < -0.4 is 9.64 Å². The van der Waals surface area contributed by atoms with Crippen LogP contribution in [0.5, 0.6) is 5.88 Å². The summed E-state index contributed by atoms with van der Waals surface area (Å²) in [7, 11) is -1.97. The molecule has 0 spiro atoms. The average Bonchev–Trinajstić information content (AvgIpc) is 3.93. The van der Waals surface area contributed by atoms with Gasteiger partial charge in [-0.05, 0) is 49.4 Å². The molecule has 0 unspecified atom stereocenters. The Balaban J connectivity index is 1.19. The van der Waals surface area contributed by atoms with Gasteiger partial charge in [-0.2, -0.15) is 13.2 Å². The largest absolute Gasteiger partial charge is 0.473 e.